The molecule has 10 heteroatoms. The Labute approximate surface area is 186 Å². The molecule has 2 saturated heterocycles. The van der Waals surface area contributed by atoms with Crippen LogP contribution in [0, 0.1) is 11.8 Å². The molecule has 2 aliphatic heterocycles. The van der Waals surface area contributed by atoms with Crippen LogP contribution in [0.2, 0.25) is 0 Å². The van der Waals surface area contributed by atoms with Gasteiger partial charge in [0.05, 0.1) is 0 Å². The lowest BCUT2D eigenvalue weighted by atomic mass is 9.92. The van der Waals surface area contributed by atoms with Crippen molar-refractivity contribution >= 4 is 21.8 Å². The zero-order chi connectivity index (χ0) is 23.1. The number of hydroxylamine groups is 1. The highest BCUT2D eigenvalue weighted by Crippen LogP contribution is 2.35. The van der Waals surface area contributed by atoms with Crippen LogP contribution in [0.25, 0.3) is 0 Å². The predicted molar refractivity (Wildman–Crippen MR) is 117 cm³/mol. The smallest absolute Gasteiger partial charge is 0.266 e. The second-order valence-corrected chi connectivity index (χ2v) is 11.6. The first-order chi connectivity index (χ1) is 14.6. The maximum absolute atomic E-state index is 13.3. The van der Waals surface area contributed by atoms with E-state index in [1.54, 1.807) is 10.4 Å². The summed E-state index contributed by atoms with van der Waals surface area (Å²) in [6.07, 6.45) is 4.90. The second-order valence-electron chi connectivity index (χ2n) is 9.31. The number of amides is 2. The van der Waals surface area contributed by atoms with Crippen LogP contribution in [0.4, 0.5) is 0 Å². The van der Waals surface area contributed by atoms with Gasteiger partial charge in [-0.2, -0.15) is 0 Å². The van der Waals surface area contributed by atoms with E-state index in [4.69, 9.17) is 9.94 Å². The number of sulfonamides is 1. The van der Waals surface area contributed by atoms with Crippen LogP contribution in [0.5, 0.6) is 0 Å². The molecular formula is C21H39N3O6S. The first kappa shape index (κ1) is 26.0. The number of rotatable bonds is 10. The Hall–Kier alpha value is -1.23. The number of carbonyl (C=O) groups excluding carboxylic acids is 2. The lowest BCUT2D eigenvalue weighted by Crippen LogP contribution is -2.60. The molecule has 0 radical (unpaired) electrons. The molecule has 2 heterocycles. The van der Waals surface area contributed by atoms with Crippen LogP contribution in [0.1, 0.15) is 65.2 Å². The molecule has 180 valence electrons. The van der Waals surface area contributed by atoms with E-state index in [0.717, 1.165) is 38.6 Å². The monoisotopic (exact) mass is 461 g/mol. The van der Waals surface area contributed by atoms with Gasteiger partial charge in [0, 0.05) is 59.2 Å². The Bertz CT molecular complexity index is 698. The number of nitrogens with zero attached hydrogens (tertiary/aromatic N) is 2. The number of hydrogen-bond donors (Lipinski definition) is 2. The summed E-state index contributed by atoms with van der Waals surface area (Å²) in [7, 11) is -2.06. The van der Waals surface area contributed by atoms with Gasteiger partial charge in [-0.25, -0.2) is 18.2 Å². The third-order valence-corrected chi connectivity index (χ3v) is 9.17. The van der Waals surface area contributed by atoms with Crippen molar-refractivity contribution in [3.05, 3.63) is 0 Å². The topological polar surface area (TPSA) is 116 Å². The van der Waals surface area contributed by atoms with Gasteiger partial charge in [0.2, 0.25) is 15.9 Å². The molecule has 0 saturated carbocycles. The van der Waals surface area contributed by atoms with E-state index in [0.29, 0.717) is 31.3 Å². The van der Waals surface area contributed by atoms with Crippen molar-refractivity contribution in [2.45, 2.75) is 70.0 Å². The van der Waals surface area contributed by atoms with Crippen LogP contribution < -0.4 is 5.48 Å². The summed E-state index contributed by atoms with van der Waals surface area (Å²) in [4.78, 5) is 26.3. The summed E-state index contributed by atoms with van der Waals surface area (Å²) < 4.78 is 31.6. The molecule has 0 aliphatic carbocycles. The largest absolute Gasteiger partial charge is 0.381 e. The molecule has 0 spiro atoms. The standard InChI is InChI=1S/C21H39N3O6S/c1-17(2)16-23(3)19(25)7-5-4-6-18-8-12-24(13-9-18)31(28,29)21(20(26)22-27)10-14-30-15-11-21/h17-18,27H,4-16H2,1-3H3,(H,22,26). The Kier molecular flexibility index (Phi) is 9.72. The van der Waals surface area contributed by atoms with Gasteiger partial charge in [-0.15, -0.1) is 0 Å². The van der Waals surface area contributed by atoms with Crippen molar-refractivity contribution in [1.82, 2.24) is 14.7 Å². The molecule has 2 N–H and O–H groups in total. The summed E-state index contributed by atoms with van der Waals surface area (Å²) in [5.74, 6) is 0.190. The quantitative estimate of drug-likeness (QED) is 0.291. The minimum absolute atomic E-state index is 0.0426. The molecule has 2 rings (SSSR count). The maximum atomic E-state index is 13.3. The predicted octanol–water partition coefficient (Wildman–Crippen LogP) is 1.76. The molecule has 0 aromatic heterocycles. The van der Waals surface area contributed by atoms with Gasteiger partial charge >= 0.3 is 0 Å². The van der Waals surface area contributed by atoms with Crippen molar-refractivity contribution < 1.29 is 28.0 Å². The van der Waals surface area contributed by atoms with Crippen molar-refractivity contribution in [2.24, 2.45) is 11.8 Å². The highest BCUT2D eigenvalue weighted by atomic mass is 32.2. The van der Waals surface area contributed by atoms with Gasteiger partial charge in [0.25, 0.3) is 5.91 Å². The molecule has 2 fully saturated rings. The van der Waals surface area contributed by atoms with Crippen molar-refractivity contribution in [2.75, 3.05) is 39.9 Å². The fourth-order valence-electron chi connectivity index (χ4n) is 4.64. The van der Waals surface area contributed by atoms with E-state index >= 15 is 0 Å². The summed E-state index contributed by atoms with van der Waals surface area (Å²) >= 11 is 0. The van der Waals surface area contributed by atoms with Gasteiger partial charge < -0.3 is 9.64 Å². The number of hydrogen-bond acceptors (Lipinski definition) is 6. The van der Waals surface area contributed by atoms with Crippen LogP contribution in [-0.2, 0) is 24.3 Å². The van der Waals surface area contributed by atoms with E-state index in [1.807, 2.05) is 7.05 Å². The Balaban J connectivity index is 1.81. The van der Waals surface area contributed by atoms with Crippen LogP contribution in [-0.4, -0.2) is 79.3 Å². The molecule has 2 amide bonds. The summed E-state index contributed by atoms with van der Waals surface area (Å²) in [5, 5.41) is 9.14. The van der Waals surface area contributed by atoms with E-state index < -0.39 is 20.7 Å². The van der Waals surface area contributed by atoms with E-state index in [9.17, 15) is 18.0 Å². The normalized spacial score (nSPS) is 20.5. The minimum Gasteiger partial charge on any atom is -0.381 e. The highest BCUT2D eigenvalue weighted by molar-refractivity contribution is 7.91. The number of ether oxygens (including phenoxy) is 1. The SMILES string of the molecule is CC(C)CN(C)C(=O)CCCCC1CCN(S(=O)(=O)C2(C(=O)NO)CCOCC2)CC1. The average Bonchev–Trinajstić information content (AvgIpc) is 2.76. The van der Waals surface area contributed by atoms with E-state index in [1.165, 1.54) is 4.31 Å². The summed E-state index contributed by atoms with van der Waals surface area (Å²) in [5.41, 5.74) is 1.56. The zero-order valence-corrected chi connectivity index (χ0v) is 20.0. The van der Waals surface area contributed by atoms with E-state index in [2.05, 4.69) is 13.8 Å². The van der Waals surface area contributed by atoms with Crippen LogP contribution in [0.15, 0.2) is 0 Å². The van der Waals surface area contributed by atoms with Gasteiger partial charge in [-0.3, -0.25) is 14.8 Å². The van der Waals surface area contributed by atoms with Gasteiger partial charge in [0.15, 0.2) is 4.75 Å². The summed E-state index contributed by atoms with van der Waals surface area (Å²) in [6, 6.07) is 0. The van der Waals surface area contributed by atoms with E-state index in [-0.39, 0.29) is 32.0 Å². The Morgan fingerprint density at radius 3 is 2.35 bits per heavy atom. The third-order valence-electron chi connectivity index (χ3n) is 6.54. The maximum Gasteiger partial charge on any atom is 0.266 e. The first-order valence-corrected chi connectivity index (χ1v) is 12.8. The van der Waals surface area contributed by atoms with Crippen LogP contribution >= 0.6 is 0 Å². The summed E-state index contributed by atoms with van der Waals surface area (Å²) in [6.45, 7) is 6.07. The molecule has 0 unspecified atom stereocenters. The zero-order valence-electron chi connectivity index (χ0n) is 19.1. The number of carbonyl (C=O) groups is 2. The fourth-order valence-corrected chi connectivity index (χ4v) is 6.79. The van der Waals surface area contributed by atoms with Crippen molar-refractivity contribution in [3.8, 4) is 0 Å². The lowest BCUT2D eigenvalue weighted by molar-refractivity contribution is -0.134. The van der Waals surface area contributed by atoms with Crippen LogP contribution in [0.3, 0.4) is 0 Å². The molecule has 2 aliphatic rings. The fraction of sp³-hybridized carbons (Fsp3) is 0.905. The first-order valence-electron chi connectivity index (χ1n) is 11.4. The van der Waals surface area contributed by atoms with Crippen molar-refractivity contribution in [3.63, 3.8) is 0 Å². The Morgan fingerprint density at radius 2 is 1.81 bits per heavy atom. The third kappa shape index (κ3) is 6.40. The molecule has 0 bridgehead atoms. The molecule has 31 heavy (non-hydrogen) atoms. The van der Waals surface area contributed by atoms with Gasteiger partial charge in [0.1, 0.15) is 0 Å². The van der Waals surface area contributed by atoms with Gasteiger partial charge in [-0.1, -0.05) is 26.7 Å². The number of unbranched alkanes of at least 4 members (excludes halogenated alkanes) is 1. The minimum atomic E-state index is -3.91. The molecule has 0 aromatic carbocycles. The molecule has 0 aromatic rings. The lowest BCUT2D eigenvalue weighted by Gasteiger charge is -2.40. The van der Waals surface area contributed by atoms with Crippen molar-refractivity contribution in [1.29, 1.82) is 0 Å². The number of piperidine rings is 1. The highest BCUT2D eigenvalue weighted by Gasteiger charge is 2.54. The average molecular weight is 462 g/mol. The second kappa shape index (κ2) is 11.6. The molecular weight excluding hydrogens is 422 g/mol. The Morgan fingerprint density at radius 1 is 1.19 bits per heavy atom. The van der Waals surface area contributed by atoms with Gasteiger partial charge in [-0.05, 0) is 31.1 Å². The molecule has 9 nitrogen and oxygen atoms in total. The molecule has 0 atom stereocenters. The number of nitrogens with one attached hydrogen (secondary N) is 1.